The summed E-state index contributed by atoms with van der Waals surface area (Å²) in [5.41, 5.74) is 1.10. The van der Waals surface area contributed by atoms with E-state index < -0.39 is 0 Å². The fourth-order valence-electron chi connectivity index (χ4n) is 3.26. The van der Waals surface area contributed by atoms with E-state index in [-0.39, 0.29) is 18.1 Å². The minimum Gasteiger partial charge on any atom is -0.469 e. The average molecular weight is 320 g/mol. The highest BCUT2D eigenvalue weighted by molar-refractivity contribution is 5.76. The van der Waals surface area contributed by atoms with Gasteiger partial charge in [-0.05, 0) is 18.9 Å². The standard InChI is InChI=1S/C16H24N4O3/c1-18(2)16(22)20-9-7-19(8-10-20)15(21)17-13-4-3-5-14-12(13)6-11-23-14/h6,11,13H,3-5,7-10H2,1-2H3,(H,17,21). The number of hydrogen-bond acceptors (Lipinski definition) is 3. The zero-order valence-corrected chi connectivity index (χ0v) is 13.7. The van der Waals surface area contributed by atoms with E-state index in [1.165, 1.54) is 0 Å². The second-order valence-corrected chi connectivity index (χ2v) is 6.34. The van der Waals surface area contributed by atoms with Crippen LogP contribution in [0.4, 0.5) is 9.59 Å². The monoisotopic (exact) mass is 320 g/mol. The van der Waals surface area contributed by atoms with E-state index in [2.05, 4.69) is 5.32 Å². The molecule has 1 aliphatic carbocycles. The Balaban J connectivity index is 1.54. The van der Waals surface area contributed by atoms with Gasteiger partial charge in [0.15, 0.2) is 0 Å². The molecule has 0 radical (unpaired) electrons. The summed E-state index contributed by atoms with van der Waals surface area (Å²) in [5, 5.41) is 3.11. The summed E-state index contributed by atoms with van der Waals surface area (Å²) >= 11 is 0. The lowest BCUT2D eigenvalue weighted by atomic mass is 9.93. The molecule has 1 unspecified atom stereocenters. The molecule has 1 aromatic heterocycles. The molecule has 1 atom stereocenters. The molecule has 2 heterocycles. The Morgan fingerprint density at radius 2 is 1.91 bits per heavy atom. The Morgan fingerprint density at radius 1 is 1.22 bits per heavy atom. The summed E-state index contributed by atoms with van der Waals surface area (Å²) in [4.78, 5) is 29.5. The first-order valence-electron chi connectivity index (χ1n) is 8.14. The van der Waals surface area contributed by atoms with Gasteiger partial charge in [0.1, 0.15) is 5.76 Å². The summed E-state index contributed by atoms with van der Waals surface area (Å²) in [6.45, 7) is 2.28. The number of amides is 4. The van der Waals surface area contributed by atoms with Gasteiger partial charge in [-0.25, -0.2) is 9.59 Å². The van der Waals surface area contributed by atoms with Crippen LogP contribution < -0.4 is 5.32 Å². The second kappa shape index (κ2) is 6.52. The molecule has 3 rings (SSSR count). The van der Waals surface area contributed by atoms with Gasteiger partial charge in [-0.3, -0.25) is 0 Å². The SMILES string of the molecule is CN(C)C(=O)N1CCN(C(=O)NC2CCCc3occc32)CC1. The average Bonchev–Trinajstić information content (AvgIpc) is 3.04. The van der Waals surface area contributed by atoms with Gasteiger partial charge in [-0.2, -0.15) is 0 Å². The molecular weight excluding hydrogens is 296 g/mol. The van der Waals surface area contributed by atoms with Crippen LogP contribution >= 0.6 is 0 Å². The highest BCUT2D eigenvalue weighted by atomic mass is 16.3. The third-order valence-electron chi connectivity index (χ3n) is 4.57. The molecule has 0 aromatic carbocycles. The number of aryl methyl sites for hydroxylation is 1. The van der Waals surface area contributed by atoms with Crippen molar-refractivity contribution in [3.8, 4) is 0 Å². The Kier molecular flexibility index (Phi) is 4.45. The van der Waals surface area contributed by atoms with Crippen molar-refractivity contribution in [3.63, 3.8) is 0 Å². The Hall–Kier alpha value is -2.18. The summed E-state index contributed by atoms with van der Waals surface area (Å²) in [6, 6.07) is 1.93. The summed E-state index contributed by atoms with van der Waals surface area (Å²) in [7, 11) is 3.49. The first-order valence-corrected chi connectivity index (χ1v) is 8.14. The van der Waals surface area contributed by atoms with E-state index in [9.17, 15) is 9.59 Å². The fraction of sp³-hybridized carbons (Fsp3) is 0.625. The molecular formula is C16H24N4O3. The molecule has 4 amide bonds. The number of rotatable bonds is 1. The second-order valence-electron chi connectivity index (χ2n) is 6.34. The predicted octanol–water partition coefficient (Wildman–Crippen LogP) is 1.67. The van der Waals surface area contributed by atoms with Crippen LogP contribution in [0.1, 0.15) is 30.2 Å². The molecule has 1 aromatic rings. The van der Waals surface area contributed by atoms with E-state index in [4.69, 9.17) is 4.42 Å². The van der Waals surface area contributed by atoms with E-state index in [1.54, 1.807) is 35.1 Å². The van der Waals surface area contributed by atoms with Crippen LogP contribution in [0.3, 0.4) is 0 Å². The van der Waals surface area contributed by atoms with Crippen LogP contribution in [0.2, 0.25) is 0 Å². The maximum absolute atomic E-state index is 12.5. The molecule has 1 N–H and O–H groups in total. The van der Waals surface area contributed by atoms with Crippen molar-refractivity contribution in [2.24, 2.45) is 0 Å². The number of carbonyl (C=O) groups is 2. The van der Waals surface area contributed by atoms with Crippen LogP contribution in [0, 0.1) is 0 Å². The lowest BCUT2D eigenvalue weighted by molar-refractivity contribution is 0.127. The van der Waals surface area contributed by atoms with Crippen LogP contribution in [-0.2, 0) is 6.42 Å². The first-order chi connectivity index (χ1) is 11.1. The fourth-order valence-corrected chi connectivity index (χ4v) is 3.26. The molecule has 126 valence electrons. The molecule has 0 bridgehead atoms. The van der Waals surface area contributed by atoms with E-state index >= 15 is 0 Å². The van der Waals surface area contributed by atoms with Gasteiger partial charge < -0.3 is 24.4 Å². The van der Waals surface area contributed by atoms with Crippen molar-refractivity contribution >= 4 is 12.1 Å². The molecule has 2 aliphatic rings. The van der Waals surface area contributed by atoms with Gasteiger partial charge in [-0.15, -0.1) is 0 Å². The van der Waals surface area contributed by atoms with Gasteiger partial charge in [-0.1, -0.05) is 0 Å². The molecule has 23 heavy (non-hydrogen) atoms. The number of piperazine rings is 1. The normalized spacial score (nSPS) is 20.9. The zero-order chi connectivity index (χ0) is 16.4. The molecule has 0 saturated carbocycles. The maximum Gasteiger partial charge on any atom is 0.319 e. The minimum atomic E-state index is -0.0546. The Labute approximate surface area is 136 Å². The Morgan fingerprint density at radius 3 is 2.61 bits per heavy atom. The van der Waals surface area contributed by atoms with Gasteiger partial charge >= 0.3 is 12.1 Å². The summed E-state index contributed by atoms with van der Waals surface area (Å²) in [6.07, 6.45) is 4.61. The number of nitrogens with zero attached hydrogens (tertiary/aromatic N) is 3. The van der Waals surface area contributed by atoms with Gasteiger partial charge in [0.25, 0.3) is 0 Å². The number of fused-ring (bicyclic) bond motifs is 1. The van der Waals surface area contributed by atoms with E-state index in [0.717, 1.165) is 30.6 Å². The third-order valence-corrected chi connectivity index (χ3v) is 4.57. The molecule has 7 heteroatoms. The van der Waals surface area contributed by atoms with Crippen molar-refractivity contribution < 1.29 is 14.0 Å². The van der Waals surface area contributed by atoms with Gasteiger partial charge in [0.2, 0.25) is 0 Å². The maximum atomic E-state index is 12.5. The molecule has 1 aliphatic heterocycles. The highest BCUT2D eigenvalue weighted by Gasteiger charge is 2.28. The Bertz CT molecular complexity index is 576. The molecule has 0 spiro atoms. The number of hydrogen-bond donors (Lipinski definition) is 1. The topological polar surface area (TPSA) is 69.0 Å². The van der Waals surface area contributed by atoms with Gasteiger partial charge in [0.05, 0.1) is 12.3 Å². The number of furan rings is 1. The van der Waals surface area contributed by atoms with Crippen molar-refractivity contribution in [2.75, 3.05) is 40.3 Å². The largest absolute Gasteiger partial charge is 0.469 e. The molecule has 1 fully saturated rings. The smallest absolute Gasteiger partial charge is 0.319 e. The zero-order valence-electron chi connectivity index (χ0n) is 13.7. The number of nitrogens with one attached hydrogen (secondary N) is 1. The van der Waals surface area contributed by atoms with Crippen LogP contribution in [0.15, 0.2) is 16.7 Å². The van der Waals surface area contributed by atoms with Crippen molar-refractivity contribution in [2.45, 2.75) is 25.3 Å². The summed E-state index contributed by atoms with van der Waals surface area (Å²) < 4.78 is 5.46. The quantitative estimate of drug-likeness (QED) is 0.856. The molecule has 1 saturated heterocycles. The van der Waals surface area contributed by atoms with Crippen LogP contribution in [-0.4, -0.2) is 67.0 Å². The van der Waals surface area contributed by atoms with Gasteiger partial charge in [0, 0.05) is 52.3 Å². The number of carbonyl (C=O) groups excluding carboxylic acids is 2. The lowest BCUT2D eigenvalue weighted by Crippen LogP contribution is -2.55. The van der Waals surface area contributed by atoms with Crippen LogP contribution in [0.5, 0.6) is 0 Å². The van der Waals surface area contributed by atoms with Crippen molar-refractivity contribution in [1.29, 1.82) is 0 Å². The van der Waals surface area contributed by atoms with Crippen molar-refractivity contribution in [3.05, 3.63) is 23.7 Å². The number of urea groups is 2. The van der Waals surface area contributed by atoms with Crippen molar-refractivity contribution in [1.82, 2.24) is 20.0 Å². The minimum absolute atomic E-state index is 0.000350. The summed E-state index contributed by atoms with van der Waals surface area (Å²) in [5.74, 6) is 0.989. The lowest BCUT2D eigenvalue weighted by Gasteiger charge is -2.36. The van der Waals surface area contributed by atoms with E-state index in [1.807, 2.05) is 6.07 Å². The van der Waals surface area contributed by atoms with Crippen LogP contribution in [0.25, 0.3) is 0 Å². The molecule has 7 nitrogen and oxygen atoms in total. The predicted molar refractivity (Wildman–Crippen MR) is 85.1 cm³/mol. The third kappa shape index (κ3) is 3.28. The highest BCUT2D eigenvalue weighted by Crippen LogP contribution is 2.30. The van der Waals surface area contributed by atoms with E-state index in [0.29, 0.717) is 26.2 Å². The first kappa shape index (κ1) is 15.7.